The lowest BCUT2D eigenvalue weighted by atomic mass is 9.85. The Morgan fingerprint density at radius 3 is 2.32 bits per heavy atom. The molecule has 2 aliphatic rings. The lowest BCUT2D eigenvalue weighted by Crippen LogP contribution is -2.48. The van der Waals surface area contributed by atoms with Crippen LogP contribution in [0.15, 0.2) is 18.2 Å². The molecule has 1 fully saturated rings. The third-order valence-corrected chi connectivity index (χ3v) is 5.70. The number of rotatable bonds is 2. The zero-order valence-corrected chi connectivity index (χ0v) is 15.8. The molecule has 0 saturated carbocycles. The molecule has 136 valence electrons. The molecule has 0 N–H and O–H groups in total. The first-order valence-electron chi connectivity index (χ1n) is 9.35. The molecule has 2 atom stereocenters. The van der Waals surface area contributed by atoms with Gasteiger partial charge in [0.05, 0.1) is 0 Å². The Bertz CT molecular complexity index is 665. The highest BCUT2D eigenvalue weighted by Gasteiger charge is 2.33. The standard InChI is InChI=1S/C20H29N3O2/c1-5-19-14(2)12-17-13-18(6-7-20(17)23(19)16(4)25)22-10-8-21(9-11-22)15(3)24/h6-7,13-14,19H,5,8-12H2,1-4H3/t14?,19-/m0/s1. The molecule has 5 heteroatoms. The molecule has 25 heavy (non-hydrogen) atoms. The number of nitrogens with zero attached hydrogens (tertiary/aromatic N) is 3. The Kier molecular flexibility index (Phi) is 5.02. The summed E-state index contributed by atoms with van der Waals surface area (Å²) in [5, 5.41) is 0. The topological polar surface area (TPSA) is 43.9 Å². The van der Waals surface area contributed by atoms with Gasteiger partial charge in [-0.05, 0) is 42.5 Å². The second kappa shape index (κ2) is 7.06. The zero-order chi connectivity index (χ0) is 18.1. The molecule has 0 bridgehead atoms. The predicted octanol–water partition coefficient (Wildman–Crippen LogP) is 2.68. The van der Waals surface area contributed by atoms with E-state index in [0.717, 1.165) is 44.7 Å². The van der Waals surface area contributed by atoms with Crippen LogP contribution < -0.4 is 9.80 Å². The van der Waals surface area contributed by atoms with E-state index in [9.17, 15) is 9.59 Å². The van der Waals surface area contributed by atoms with Crippen molar-refractivity contribution in [1.29, 1.82) is 0 Å². The SMILES string of the molecule is CC[C@H]1C(C)Cc2cc(N3CCN(C(C)=O)CC3)ccc2N1C(C)=O. The molecule has 1 aromatic carbocycles. The predicted molar refractivity (Wildman–Crippen MR) is 101 cm³/mol. The van der Waals surface area contributed by atoms with Crippen LogP contribution in [0.25, 0.3) is 0 Å². The van der Waals surface area contributed by atoms with E-state index in [4.69, 9.17) is 0 Å². The van der Waals surface area contributed by atoms with E-state index in [2.05, 4.69) is 36.9 Å². The van der Waals surface area contributed by atoms with Gasteiger partial charge in [-0.15, -0.1) is 0 Å². The number of carbonyl (C=O) groups excluding carboxylic acids is 2. The Balaban J connectivity index is 1.84. The number of anilines is 2. The fourth-order valence-electron chi connectivity index (χ4n) is 4.35. The lowest BCUT2D eigenvalue weighted by molar-refractivity contribution is -0.129. The van der Waals surface area contributed by atoms with Crippen molar-refractivity contribution in [2.75, 3.05) is 36.0 Å². The molecule has 1 saturated heterocycles. The van der Waals surface area contributed by atoms with Crippen LogP contribution in [-0.4, -0.2) is 48.9 Å². The summed E-state index contributed by atoms with van der Waals surface area (Å²) in [5.41, 5.74) is 3.54. The van der Waals surface area contributed by atoms with Gasteiger partial charge in [0.15, 0.2) is 0 Å². The molecule has 0 radical (unpaired) electrons. The maximum atomic E-state index is 12.2. The first-order chi connectivity index (χ1) is 11.9. The monoisotopic (exact) mass is 343 g/mol. The van der Waals surface area contributed by atoms with Crippen molar-refractivity contribution in [2.24, 2.45) is 5.92 Å². The smallest absolute Gasteiger partial charge is 0.224 e. The summed E-state index contributed by atoms with van der Waals surface area (Å²) in [6.07, 6.45) is 1.99. The quantitative estimate of drug-likeness (QED) is 0.829. The molecule has 3 rings (SSSR count). The maximum Gasteiger partial charge on any atom is 0.224 e. The summed E-state index contributed by atoms with van der Waals surface area (Å²) in [4.78, 5) is 30.0. The largest absolute Gasteiger partial charge is 0.368 e. The second-order valence-electron chi connectivity index (χ2n) is 7.35. The third-order valence-electron chi connectivity index (χ3n) is 5.70. The van der Waals surface area contributed by atoms with Crippen molar-refractivity contribution in [3.8, 4) is 0 Å². The van der Waals surface area contributed by atoms with Crippen molar-refractivity contribution >= 4 is 23.2 Å². The molecular weight excluding hydrogens is 314 g/mol. The Morgan fingerprint density at radius 2 is 1.76 bits per heavy atom. The number of carbonyl (C=O) groups is 2. The molecule has 1 unspecified atom stereocenters. The third kappa shape index (κ3) is 3.37. The second-order valence-corrected chi connectivity index (χ2v) is 7.35. The lowest BCUT2D eigenvalue weighted by Gasteiger charge is -2.41. The van der Waals surface area contributed by atoms with E-state index >= 15 is 0 Å². The van der Waals surface area contributed by atoms with Crippen LogP contribution in [-0.2, 0) is 16.0 Å². The summed E-state index contributed by atoms with van der Waals surface area (Å²) < 4.78 is 0. The van der Waals surface area contributed by atoms with Gasteiger partial charge in [-0.25, -0.2) is 0 Å². The van der Waals surface area contributed by atoms with Gasteiger partial charge in [0, 0.05) is 57.4 Å². The van der Waals surface area contributed by atoms with Gasteiger partial charge in [0.1, 0.15) is 0 Å². The molecule has 0 spiro atoms. The van der Waals surface area contributed by atoms with Gasteiger partial charge in [-0.1, -0.05) is 13.8 Å². The number of hydrogen-bond acceptors (Lipinski definition) is 3. The minimum Gasteiger partial charge on any atom is -0.368 e. The van der Waals surface area contributed by atoms with Crippen LogP contribution in [0.1, 0.15) is 39.7 Å². The highest BCUT2D eigenvalue weighted by molar-refractivity contribution is 5.94. The first kappa shape index (κ1) is 17.8. The van der Waals surface area contributed by atoms with Gasteiger partial charge in [0.25, 0.3) is 0 Å². The van der Waals surface area contributed by atoms with Crippen LogP contribution in [0.4, 0.5) is 11.4 Å². The van der Waals surface area contributed by atoms with Gasteiger partial charge < -0.3 is 14.7 Å². The summed E-state index contributed by atoms with van der Waals surface area (Å²) in [7, 11) is 0. The van der Waals surface area contributed by atoms with E-state index in [0.29, 0.717) is 5.92 Å². The zero-order valence-electron chi connectivity index (χ0n) is 15.8. The van der Waals surface area contributed by atoms with Crippen LogP contribution in [0, 0.1) is 5.92 Å². The molecule has 0 aliphatic carbocycles. The van der Waals surface area contributed by atoms with Crippen molar-refractivity contribution in [2.45, 2.75) is 46.6 Å². The molecule has 2 heterocycles. The number of benzene rings is 1. The Morgan fingerprint density at radius 1 is 1.08 bits per heavy atom. The summed E-state index contributed by atoms with van der Waals surface area (Å²) in [6, 6.07) is 6.77. The van der Waals surface area contributed by atoms with Crippen LogP contribution in [0.2, 0.25) is 0 Å². The molecule has 1 aromatic rings. The maximum absolute atomic E-state index is 12.2. The fraction of sp³-hybridized carbons (Fsp3) is 0.600. The van der Waals surface area contributed by atoms with E-state index < -0.39 is 0 Å². The molecule has 0 aromatic heterocycles. The highest BCUT2D eigenvalue weighted by atomic mass is 16.2. The van der Waals surface area contributed by atoms with E-state index in [1.165, 1.54) is 11.3 Å². The molecule has 2 amide bonds. The first-order valence-corrected chi connectivity index (χ1v) is 9.35. The minimum absolute atomic E-state index is 0.127. The van der Waals surface area contributed by atoms with Crippen LogP contribution >= 0.6 is 0 Å². The van der Waals surface area contributed by atoms with Gasteiger partial charge >= 0.3 is 0 Å². The van der Waals surface area contributed by atoms with Crippen LogP contribution in [0.3, 0.4) is 0 Å². The molecule has 5 nitrogen and oxygen atoms in total. The Labute approximate surface area is 150 Å². The summed E-state index contributed by atoms with van der Waals surface area (Å²) in [6.45, 7) is 11.0. The number of fused-ring (bicyclic) bond motifs is 1. The van der Waals surface area contributed by atoms with Gasteiger partial charge in [-0.2, -0.15) is 0 Å². The Hall–Kier alpha value is -2.04. The van der Waals surface area contributed by atoms with Crippen LogP contribution in [0.5, 0.6) is 0 Å². The van der Waals surface area contributed by atoms with E-state index in [-0.39, 0.29) is 17.9 Å². The summed E-state index contributed by atoms with van der Waals surface area (Å²) in [5.74, 6) is 0.746. The minimum atomic E-state index is 0.127. The average Bonchev–Trinajstić information content (AvgIpc) is 2.59. The highest BCUT2D eigenvalue weighted by Crippen LogP contribution is 2.37. The average molecular weight is 343 g/mol. The van der Waals surface area contributed by atoms with Gasteiger partial charge in [-0.3, -0.25) is 9.59 Å². The van der Waals surface area contributed by atoms with E-state index in [1.807, 2.05) is 9.80 Å². The van der Waals surface area contributed by atoms with Crippen molar-refractivity contribution in [1.82, 2.24) is 4.90 Å². The van der Waals surface area contributed by atoms with Crippen molar-refractivity contribution in [3.63, 3.8) is 0 Å². The number of piperazine rings is 1. The molecular formula is C20H29N3O2. The summed E-state index contributed by atoms with van der Waals surface area (Å²) >= 11 is 0. The van der Waals surface area contributed by atoms with E-state index in [1.54, 1.807) is 13.8 Å². The fourth-order valence-corrected chi connectivity index (χ4v) is 4.35. The van der Waals surface area contributed by atoms with Crippen molar-refractivity contribution in [3.05, 3.63) is 23.8 Å². The molecule has 2 aliphatic heterocycles. The normalized spacial score (nSPS) is 23.4. The van der Waals surface area contributed by atoms with Gasteiger partial charge in [0.2, 0.25) is 11.8 Å². The number of amides is 2. The number of hydrogen-bond donors (Lipinski definition) is 0. The van der Waals surface area contributed by atoms with Crippen molar-refractivity contribution < 1.29 is 9.59 Å².